The summed E-state index contributed by atoms with van der Waals surface area (Å²) >= 11 is 1.90. The van der Waals surface area contributed by atoms with Crippen LogP contribution in [0.2, 0.25) is 0 Å². The molecule has 1 saturated heterocycles. The molecule has 1 N–H and O–H groups in total. The number of hydrogen-bond donors (Lipinski definition) is 1. The van der Waals surface area contributed by atoms with Crippen LogP contribution in [0, 0.1) is 6.92 Å². The highest BCUT2D eigenvalue weighted by molar-refractivity contribution is 7.12. The SMILES string of the molecule is CCC1(CC)CC(NC(C)c2ccc(C)s2)CCO1. The lowest BCUT2D eigenvalue weighted by Crippen LogP contribution is -2.46. The fourth-order valence-electron chi connectivity index (χ4n) is 3.03. The van der Waals surface area contributed by atoms with Gasteiger partial charge in [-0.25, -0.2) is 0 Å². The van der Waals surface area contributed by atoms with Crippen molar-refractivity contribution in [3.8, 4) is 0 Å². The molecule has 19 heavy (non-hydrogen) atoms. The Hall–Kier alpha value is -0.380. The largest absolute Gasteiger partial charge is 0.375 e. The molecule has 1 aromatic rings. The van der Waals surface area contributed by atoms with Gasteiger partial charge in [0.2, 0.25) is 0 Å². The molecule has 0 aliphatic carbocycles. The highest BCUT2D eigenvalue weighted by Gasteiger charge is 2.34. The highest BCUT2D eigenvalue weighted by Crippen LogP contribution is 2.33. The third-order valence-electron chi connectivity index (χ3n) is 4.46. The van der Waals surface area contributed by atoms with E-state index in [0.29, 0.717) is 12.1 Å². The number of rotatable bonds is 5. The average Bonchev–Trinajstić information content (AvgIpc) is 2.85. The van der Waals surface area contributed by atoms with Crippen LogP contribution in [0.15, 0.2) is 12.1 Å². The number of thiophene rings is 1. The molecule has 0 amide bonds. The van der Waals surface area contributed by atoms with Gasteiger partial charge in [0.05, 0.1) is 5.60 Å². The molecule has 0 saturated carbocycles. The Balaban J connectivity index is 1.95. The molecule has 0 radical (unpaired) electrons. The van der Waals surface area contributed by atoms with Gasteiger partial charge in [-0.3, -0.25) is 0 Å². The van der Waals surface area contributed by atoms with E-state index in [4.69, 9.17) is 4.74 Å². The minimum atomic E-state index is 0.112. The standard InChI is InChI=1S/C16H27NOS/c1-5-16(6-2)11-14(9-10-18-16)17-13(4)15-8-7-12(3)19-15/h7-8,13-14,17H,5-6,9-11H2,1-4H3. The van der Waals surface area contributed by atoms with E-state index in [9.17, 15) is 0 Å². The van der Waals surface area contributed by atoms with Crippen molar-refractivity contribution in [2.45, 2.75) is 71.1 Å². The van der Waals surface area contributed by atoms with Crippen molar-refractivity contribution < 1.29 is 4.74 Å². The zero-order valence-corrected chi connectivity index (χ0v) is 13.5. The lowest BCUT2D eigenvalue weighted by molar-refractivity contribution is -0.0939. The first-order valence-electron chi connectivity index (χ1n) is 7.55. The molecule has 0 aromatic carbocycles. The minimum absolute atomic E-state index is 0.112. The molecule has 2 unspecified atom stereocenters. The normalized spacial score (nSPS) is 24.3. The van der Waals surface area contributed by atoms with Crippen LogP contribution in [0.4, 0.5) is 0 Å². The van der Waals surface area contributed by atoms with Crippen molar-refractivity contribution in [3.63, 3.8) is 0 Å². The van der Waals surface area contributed by atoms with Crippen molar-refractivity contribution in [2.24, 2.45) is 0 Å². The fourth-order valence-corrected chi connectivity index (χ4v) is 3.92. The molecule has 1 aliphatic rings. The third-order valence-corrected chi connectivity index (χ3v) is 5.64. The van der Waals surface area contributed by atoms with Crippen LogP contribution in [-0.4, -0.2) is 18.2 Å². The molecule has 3 heteroatoms. The summed E-state index contributed by atoms with van der Waals surface area (Å²) in [6.07, 6.45) is 4.52. The van der Waals surface area contributed by atoms with Crippen molar-refractivity contribution in [3.05, 3.63) is 21.9 Å². The summed E-state index contributed by atoms with van der Waals surface area (Å²) in [6, 6.07) is 5.51. The second-order valence-electron chi connectivity index (χ2n) is 5.77. The van der Waals surface area contributed by atoms with Gasteiger partial charge in [-0.05, 0) is 51.7 Å². The number of ether oxygens (including phenoxy) is 1. The van der Waals surface area contributed by atoms with Gasteiger partial charge in [-0.2, -0.15) is 0 Å². The van der Waals surface area contributed by atoms with E-state index >= 15 is 0 Å². The Morgan fingerprint density at radius 1 is 1.42 bits per heavy atom. The van der Waals surface area contributed by atoms with E-state index in [1.165, 1.54) is 9.75 Å². The van der Waals surface area contributed by atoms with Gasteiger partial charge in [0, 0.05) is 28.4 Å². The smallest absolute Gasteiger partial charge is 0.0692 e. The molecule has 1 aromatic heterocycles. The first kappa shape index (κ1) is 15.0. The molecular formula is C16H27NOS. The summed E-state index contributed by atoms with van der Waals surface area (Å²) in [6.45, 7) is 9.85. The van der Waals surface area contributed by atoms with Gasteiger partial charge in [0.15, 0.2) is 0 Å². The van der Waals surface area contributed by atoms with Gasteiger partial charge >= 0.3 is 0 Å². The molecule has 1 aliphatic heterocycles. The Bertz CT molecular complexity index is 397. The van der Waals surface area contributed by atoms with Gasteiger partial charge in [-0.1, -0.05) is 13.8 Å². The molecule has 0 spiro atoms. The maximum absolute atomic E-state index is 6.05. The summed E-state index contributed by atoms with van der Waals surface area (Å²) < 4.78 is 6.05. The zero-order valence-electron chi connectivity index (χ0n) is 12.7. The van der Waals surface area contributed by atoms with Crippen LogP contribution in [-0.2, 0) is 4.74 Å². The lowest BCUT2D eigenvalue weighted by Gasteiger charge is -2.41. The van der Waals surface area contributed by atoms with Crippen molar-refractivity contribution in [2.75, 3.05) is 6.61 Å². The highest BCUT2D eigenvalue weighted by atomic mass is 32.1. The summed E-state index contributed by atoms with van der Waals surface area (Å²) in [5.41, 5.74) is 0.112. The second-order valence-corrected chi connectivity index (χ2v) is 7.08. The van der Waals surface area contributed by atoms with Crippen LogP contribution in [0.3, 0.4) is 0 Å². The Morgan fingerprint density at radius 2 is 2.16 bits per heavy atom. The molecule has 2 heterocycles. The van der Waals surface area contributed by atoms with Crippen molar-refractivity contribution >= 4 is 11.3 Å². The molecule has 2 rings (SSSR count). The molecule has 1 fully saturated rings. The van der Waals surface area contributed by atoms with Crippen molar-refractivity contribution in [1.82, 2.24) is 5.32 Å². The molecule has 0 bridgehead atoms. The monoisotopic (exact) mass is 281 g/mol. The molecule has 108 valence electrons. The first-order chi connectivity index (χ1) is 9.08. The Labute approximate surface area is 121 Å². The predicted molar refractivity (Wildman–Crippen MR) is 82.9 cm³/mol. The molecular weight excluding hydrogens is 254 g/mol. The van der Waals surface area contributed by atoms with Crippen LogP contribution in [0.1, 0.15) is 62.3 Å². The number of hydrogen-bond acceptors (Lipinski definition) is 3. The van der Waals surface area contributed by atoms with E-state index < -0.39 is 0 Å². The van der Waals surface area contributed by atoms with Gasteiger partial charge in [0.1, 0.15) is 0 Å². The molecule has 2 atom stereocenters. The summed E-state index contributed by atoms with van der Waals surface area (Å²) in [7, 11) is 0. The first-order valence-corrected chi connectivity index (χ1v) is 8.36. The zero-order chi connectivity index (χ0) is 13.9. The van der Waals surface area contributed by atoms with Crippen molar-refractivity contribution in [1.29, 1.82) is 0 Å². The summed E-state index contributed by atoms with van der Waals surface area (Å²) in [5.74, 6) is 0. The Kier molecular flexibility index (Phi) is 5.04. The lowest BCUT2D eigenvalue weighted by atomic mass is 9.85. The Morgan fingerprint density at radius 3 is 2.74 bits per heavy atom. The fraction of sp³-hybridized carbons (Fsp3) is 0.750. The van der Waals surface area contributed by atoms with E-state index in [0.717, 1.165) is 32.3 Å². The molecule has 2 nitrogen and oxygen atoms in total. The van der Waals surface area contributed by atoms with Crippen LogP contribution in [0.25, 0.3) is 0 Å². The average molecular weight is 281 g/mol. The van der Waals surface area contributed by atoms with Gasteiger partial charge in [0.25, 0.3) is 0 Å². The number of aryl methyl sites for hydroxylation is 1. The van der Waals surface area contributed by atoms with Gasteiger partial charge in [-0.15, -0.1) is 11.3 Å². The quantitative estimate of drug-likeness (QED) is 0.861. The van der Waals surface area contributed by atoms with E-state index in [1.54, 1.807) is 0 Å². The maximum Gasteiger partial charge on any atom is 0.0692 e. The van der Waals surface area contributed by atoms with Crippen LogP contribution < -0.4 is 5.32 Å². The van der Waals surface area contributed by atoms with E-state index in [-0.39, 0.29) is 5.60 Å². The van der Waals surface area contributed by atoms with E-state index in [1.807, 2.05) is 11.3 Å². The third kappa shape index (κ3) is 3.59. The van der Waals surface area contributed by atoms with E-state index in [2.05, 4.69) is 45.1 Å². The second kappa shape index (κ2) is 6.38. The van der Waals surface area contributed by atoms with Gasteiger partial charge < -0.3 is 10.1 Å². The van der Waals surface area contributed by atoms with Crippen LogP contribution in [0.5, 0.6) is 0 Å². The predicted octanol–water partition coefficient (Wildman–Crippen LogP) is 4.44. The topological polar surface area (TPSA) is 21.3 Å². The van der Waals surface area contributed by atoms with Crippen LogP contribution >= 0.6 is 11.3 Å². The number of nitrogens with one attached hydrogen (secondary N) is 1. The summed E-state index contributed by atoms with van der Waals surface area (Å²) in [4.78, 5) is 2.84. The minimum Gasteiger partial charge on any atom is -0.375 e. The maximum atomic E-state index is 6.05. The summed E-state index contributed by atoms with van der Waals surface area (Å²) in [5, 5.41) is 3.80.